The third kappa shape index (κ3) is 4.59. The third-order valence-corrected chi connectivity index (χ3v) is 6.72. The molecular weight excluding hydrogens is 409 g/mol. The Labute approximate surface area is 176 Å². The van der Waals surface area contributed by atoms with Crippen molar-refractivity contribution in [3.63, 3.8) is 0 Å². The number of carbonyl (C=O) groups is 1. The predicted molar refractivity (Wildman–Crippen MR) is 117 cm³/mol. The number of allylic oxidation sites excluding steroid dienone is 1. The van der Waals surface area contributed by atoms with Crippen LogP contribution in [0.25, 0.3) is 10.2 Å². The minimum Gasteiger partial charge on any atom is -0.349 e. The topological polar surface area (TPSA) is 64.0 Å². The van der Waals surface area contributed by atoms with E-state index in [2.05, 4.69) is 16.9 Å². The Balaban J connectivity index is 1.78. The Morgan fingerprint density at radius 1 is 1.38 bits per heavy atom. The summed E-state index contributed by atoms with van der Waals surface area (Å²) in [5.41, 5.74) is 1.65. The van der Waals surface area contributed by atoms with Gasteiger partial charge >= 0.3 is 0 Å². The zero-order chi connectivity index (χ0) is 21.1. The first-order chi connectivity index (χ1) is 13.8. The third-order valence-electron chi connectivity index (χ3n) is 4.65. The quantitative estimate of drug-likeness (QED) is 0.343. The molecule has 29 heavy (non-hydrogen) atoms. The number of aryl methyl sites for hydroxylation is 2. The van der Waals surface area contributed by atoms with Crippen LogP contribution in [0.3, 0.4) is 0 Å². The first kappa shape index (κ1) is 21.3. The molecule has 152 valence electrons. The van der Waals surface area contributed by atoms with E-state index in [4.69, 9.17) is 0 Å². The van der Waals surface area contributed by atoms with E-state index in [0.29, 0.717) is 21.9 Å². The fourth-order valence-electron chi connectivity index (χ4n) is 2.96. The molecular formula is C21H22FN3O2S2. The molecule has 1 atom stereocenters. The second-order valence-electron chi connectivity index (χ2n) is 6.69. The maximum absolute atomic E-state index is 13.1. The van der Waals surface area contributed by atoms with E-state index in [9.17, 15) is 14.0 Å². The van der Waals surface area contributed by atoms with Gasteiger partial charge in [-0.1, -0.05) is 30.0 Å². The normalized spacial score (nSPS) is 12.1. The molecule has 1 amide bonds. The highest BCUT2D eigenvalue weighted by molar-refractivity contribution is 7.99. The van der Waals surface area contributed by atoms with Crippen molar-refractivity contribution in [2.75, 3.05) is 5.75 Å². The van der Waals surface area contributed by atoms with Crippen LogP contribution in [-0.4, -0.2) is 21.2 Å². The number of hydrogen-bond donors (Lipinski definition) is 1. The second kappa shape index (κ2) is 8.92. The fourth-order valence-corrected chi connectivity index (χ4v) is 4.85. The summed E-state index contributed by atoms with van der Waals surface area (Å²) in [6.07, 6.45) is 1.64. The van der Waals surface area contributed by atoms with Crippen LogP contribution in [-0.2, 0) is 11.3 Å². The summed E-state index contributed by atoms with van der Waals surface area (Å²) in [6, 6.07) is 5.77. The largest absolute Gasteiger partial charge is 0.349 e. The summed E-state index contributed by atoms with van der Waals surface area (Å²) in [5, 5.41) is 4.01. The SMILES string of the molecule is C=CCn1c(SCC(=O)N[C@@H](C)c2ccc(F)cc2)nc2sc(C)c(C)c2c1=O. The predicted octanol–water partition coefficient (Wildman–Crippen LogP) is 4.37. The van der Waals surface area contributed by atoms with Crippen LogP contribution in [0.15, 0.2) is 46.9 Å². The highest BCUT2D eigenvalue weighted by Crippen LogP contribution is 2.28. The number of benzene rings is 1. The van der Waals surface area contributed by atoms with Crippen molar-refractivity contribution in [3.05, 3.63) is 69.1 Å². The van der Waals surface area contributed by atoms with Crippen molar-refractivity contribution >= 4 is 39.2 Å². The van der Waals surface area contributed by atoms with Gasteiger partial charge in [0.25, 0.3) is 5.56 Å². The van der Waals surface area contributed by atoms with Crippen LogP contribution in [0, 0.1) is 19.7 Å². The molecule has 0 aliphatic rings. The first-order valence-corrected chi connectivity index (χ1v) is 10.9. The van der Waals surface area contributed by atoms with E-state index >= 15 is 0 Å². The molecule has 3 rings (SSSR count). The van der Waals surface area contributed by atoms with Gasteiger partial charge in [-0.05, 0) is 44.0 Å². The van der Waals surface area contributed by atoms with Crippen LogP contribution < -0.4 is 10.9 Å². The van der Waals surface area contributed by atoms with Gasteiger partial charge < -0.3 is 5.32 Å². The van der Waals surface area contributed by atoms with Crippen LogP contribution in [0.1, 0.15) is 29.0 Å². The summed E-state index contributed by atoms with van der Waals surface area (Å²) in [6.45, 7) is 9.78. The number of nitrogens with zero attached hydrogens (tertiary/aromatic N) is 2. The molecule has 0 unspecified atom stereocenters. The average Bonchev–Trinajstić information content (AvgIpc) is 2.97. The van der Waals surface area contributed by atoms with Crippen molar-refractivity contribution < 1.29 is 9.18 Å². The molecule has 5 nitrogen and oxygen atoms in total. The van der Waals surface area contributed by atoms with E-state index in [1.807, 2.05) is 20.8 Å². The van der Waals surface area contributed by atoms with Gasteiger partial charge in [0.2, 0.25) is 5.91 Å². The van der Waals surface area contributed by atoms with Crippen molar-refractivity contribution in [1.29, 1.82) is 0 Å². The summed E-state index contributed by atoms with van der Waals surface area (Å²) in [7, 11) is 0. The smallest absolute Gasteiger partial charge is 0.263 e. The average molecular weight is 432 g/mol. The van der Waals surface area contributed by atoms with Crippen LogP contribution in [0.4, 0.5) is 4.39 Å². The summed E-state index contributed by atoms with van der Waals surface area (Å²) in [5.74, 6) is -0.391. The monoisotopic (exact) mass is 431 g/mol. The molecule has 0 aliphatic heterocycles. The maximum Gasteiger partial charge on any atom is 0.263 e. The number of thioether (sulfide) groups is 1. The lowest BCUT2D eigenvalue weighted by molar-refractivity contribution is -0.119. The number of hydrogen-bond acceptors (Lipinski definition) is 5. The Morgan fingerprint density at radius 3 is 2.72 bits per heavy atom. The molecule has 1 N–H and O–H groups in total. The van der Waals surface area contributed by atoms with Gasteiger partial charge in [0.05, 0.1) is 17.2 Å². The van der Waals surface area contributed by atoms with Gasteiger partial charge in [0.15, 0.2) is 5.16 Å². The molecule has 0 radical (unpaired) electrons. The number of thiophene rings is 1. The minimum absolute atomic E-state index is 0.112. The number of amides is 1. The van der Waals surface area contributed by atoms with Crippen molar-refractivity contribution in [1.82, 2.24) is 14.9 Å². The van der Waals surface area contributed by atoms with Crippen LogP contribution in [0.2, 0.25) is 0 Å². The van der Waals surface area contributed by atoms with Gasteiger partial charge in [-0.2, -0.15) is 0 Å². The zero-order valence-electron chi connectivity index (χ0n) is 16.5. The fraction of sp³-hybridized carbons (Fsp3) is 0.286. The second-order valence-corrected chi connectivity index (χ2v) is 8.84. The molecule has 0 saturated heterocycles. The van der Waals surface area contributed by atoms with Gasteiger partial charge in [0, 0.05) is 11.4 Å². The number of rotatable bonds is 7. The highest BCUT2D eigenvalue weighted by atomic mass is 32.2. The number of carbonyl (C=O) groups excluding carboxylic acids is 1. The molecule has 0 fully saturated rings. The van der Waals surface area contributed by atoms with Crippen LogP contribution in [0.5, 0.6) is 0 Å². The Morgan fingerprint density at radius 2 is 2.07 bits per heavy atom. The Hall–Kier alpha value is -2.45. The molecule has 0 spiro atoms. The molecule has 2 aromatic heterocycles. The highest BCUT2D eigenvalue weighted by Gasteiger charge is 2.17. The first-order valence-electron chi connectivity index (χ1n) is 9.11. The summed E-state index contributed by atoms with van der Waals surface area (Å²) < 4.78 is 14.6. The van der Waals surface area contributed by atoms with Gasteiger partial charge in [0.1, 0.15) is 10.6 Å². The van der Waals surface area contributed by atoms with Crippen LogP contribution >= 0.6 is 23.1 Å². The Bertz CT molecular complexity index is 1120. The van der Waals surface area contributed by atoms with Gasteiger partial charge in [-0.3, -0.25) is 14.2 Å². The maximum atomic E-state index is 13.1. The van der Waals surface area contributed by atoms with E-state index < -0.39 is 0 Å². The van der Waals surface area contributed by atoms with Crippen molar-refractivity contribution in [2.45, 2.75) is 38.5 Å². The lowest BCUT2D eigenvalue weighted by Crippen LogP contribution is -2.29. The van der Waals surface area contributed by atoms with Crippen molar-refractivity contribution in [3.8, 4) is 0 Å². The lowest BCUT2D eigenvalue weighted by atomic mass is 10.1. The molecule has 3 aromatic rings. The van der Waals surface area contributed by atoms with Gasteiger partial charge in [-0.25, -0.2) is 9.37 Å². The zero-order valence-corrected chi connectivity index (χ0v) is 18.1. The van der Waals surface area contributed by atoms with E-state index in [-0.39, 0.29) is 29.1 Å². The number of fused-ring (bicyclic) bond motifs is 1. The molecule has 0 aliphatic carbocycles. The van der Waals surface area contributed by atoms with E-state index in [1.165, 1.54) is 35.2 Å². The van der Waals surface area contributed by atoms with E-state index in [0.717, 1.165) is 16.0 Å². The standard InChI is InChI=1S/C21H22FN3O2S2/c1-5-10-25-20(27)18-12(2)14(4)29-19(18)24-21(25)28-11-17(26)23-13(3)15-6-8-16(22)9-7-15/h5-9,13H,1,10-11H2,2-4H3,(H,23,26)/t13-/m0/s1. The van der Waals surface area contributed by atoms with E-state index in [1.54, 1.807) is 22.8 Å². The molecule has 2 heterocycles. The Kier molecular flexibility index (Phi) is 6.54. The minimum atomic E-state index is -0.316. The molecule has 1 aromatic carbocycles. The summed E-state index contributed by atoms with van der Waals surface area (Å²) >= 11 is 2.70. The number of aromatic nitrogens is 2. The molecule has 0 saturated carbocycles. The van der Waals surface area contributed by atoms with Gasteiger partial charge in [-0.15, -0.1) is 17.9 Å². The lowest BCUT2D eigenvalue weighted by Gasteiger charge is -2.15. The molecule has 8 heteroatoms. The molecule has 0 bridgehead atoms. The summed E-state index contributed by atoms with van der Waals surface area (Å²) in [4.78, 5) is 31.7. The van der Waals surface area contributed by atoms with Crippen molar-refractivity contribution in [2.24, 2.45) is 0 Å². The number of halogens is 1. The number of nitrogens with one attached hydrogen (secondary N) is 1.